The molecule has 0 fully saturated rings. The summed E-state index contributed by atoms with van der Waals surface area (Å²) in [6, 6.07) is 15.6. The van der Waals surface area contributed by atoms with Gasteiger partial charge in [0.2, 0.25) is 0 Å². The fourth-order valence-electron chi connectivity index (χ4n) is 1.90. The molecule has 0 heterocycles. The first-order chi connectivity index (χ1) is 11.1. The highest BCUT2D eigenvalue weighted by molar-refractivity contribution is 8.00. The van der Waals surface area contributed by atoms with Gasteiger partial charge < -0.3 is 4.74 Å². The van der Waals surface area contributed by atoms with Gasteiger partial charge in [-0.3, -0.25) is 4.79 Å². The minimum Gasteiger partial charge on any atom is -0.496 e. The number of carbonyl (C=O) groups excluding carboxylic acids is 1. The molecule has 0 bridgehead atoms. The van der Waals surface area contributed by atoms with Crippen molar-refractivity contribution in [2.24, 2.45) is 5.10 Å². The van der Waals surface area contributed by atoms with Crippen LogP contribution in [0.25, 0.3) is 0 Å². The van der Waals surface area contributed by atoms with Crippen LogP contribution < -0.4 is 10.2 Å². The number of para-hydroxylation sites is 1. The minimum absolute atomic E-state index is 0.137. The van der Waals surface area contributed by atoms with E-state index in [0.29, 0.717) is 5.75 Å². The second kappa shape index (κ2) is 8.39. The number of amides is 1. The third kappa shape index (κ3) is 5.14. The molecule has 0 radical (unpaired) electrons. The fraction of sp³-hybridized carbons (Fsp3) is 0.222. The van der Waals surface area contributed by atoms with Crippen LogP contribution in [0, 0.1) is 6.92 Å². The molecule has 0 aliphatic heterocycles. The van der Waals surface area contributed by atoms with Crippen LogP contribution in [0.15, 0.2) is 58.5 Å². The van der Waals surface area contributed by atoms with Gasteiger partial charge in [0.25, 0.3) is 5.91 Å². The van der Waals surface area contributed by atoms with E-state index in [-0.39, 0.29) is 11.2 Å². The Bertz CT molecular complexity index is 684. The molecule has 0 saturated carbocycles. The predicted molar refractivity (Wildman–Crippen MR) is 95.2 cm³/mol. The zero-order chi connectivity index (χ0) is 16.7. The third-order valence-corrected chi connectivity index (χ3v) is 4.33. The monoisotopic (exact) mass is 328 g/mol. The number of carbonyl (C=O) groups is 1. The standard InChI is InChI=1S/C18H20N2O2S/c1-13-8-10-16(11-9-13)23-14(2)18(21)20-19-12-15-6-4-5-7-17(15)22-3/h4-12,14H,1-3H3,(H,20,21)/b19-12-/t14-/m1/s1. The van der Waals surface area contributed by atoms with Crippen molar-refractivity contribution in [3.8, 4) is 5.75 Å². The van der Waals surface area contributed by atoms with Crippen LogP contribution in [-0.2, 0) is 4.79 Å². The number of ether oxygens (including phenoxy) is 1. The van der Waals surface area contributed by atoms with Crippen LogP contribution in [0.1, 0.15) is 18.1 Å². The Morgan fingerprint density at radius 3 is 2.61 bits per heavy atom. The van der Waals surface area contributed by atoms with Crippen LogP contribution in [0.2, 0.25) is 0 Å². The van der Waals surface area contributed by atoms with Gasteiger partial charge in [0, 0.05) is 10.5 Å². The van der Waals surface area contributed by atoms with E-state index in [4.69, 9.17) is 4.74 Å². The van der Waals surface area contributed by atoms with Gasteiger partial charge in [-0.25, -0.2) is 5.43 Å². The van der Waals surface area contributed by atoms with Gasteiger partial charge in [0.1, 0.15) is 5.75 Å². The van der Waals surface area contributed by atoms with Crippen LogP contribution in [-0.4, -0.2) is 24.5 Å². The SMILES string of the molecule is COc1ccccc1/C=N\NC(=O)[C@@H](C)Sc1ccc(C)cc1. The zero-order valence-electron chi connectivity index (χ0n) is 13.4. The average molecular weight is 328 g/mol. The molecule has 2 aromatic carbocycles. The molecular formula is C18H20N2O2S. The Labute approximate surface area is 140 Å². The largest absolute Gasteiger partial charge is 0.496 e. The van der Waals surface area contributed by atoms with Gasteiger partial charge in [0.15, 0.2) is 0 Å². The zero-order valence-corrected chi connectivity index (χ0v) is 14.3. The van der Waals surface area contributed by atoms with Crippen LogP contribution in [0.3, 0.4) is 0 Å². The first kappa shape index (κ1) is 17.1. The molecular weight excluding hydrogens is 308 g/mol. The van der Waals surface area contributed by atoms with Crippen LogP contribution in [0.5, 0.6) is 5.75 Å². The summed E-state index contributed by atoms with van der Waals surface area (Å²) in [6.45, 7) is 3.90. The van der Waals surface area contributed by atoms with Crippen LogP contribution >= 0.6 is 11.8 Å². The van der Waals surface area contributed by atoms with E-state index in [0.717, 1.165) is 10.5 Å². The molecule has 23 heavy (non-hydrogen) atoms. The number of methoxy groups -OCH3 is 1. The maximum Gasteiger partial charge on any atom is 0.253 e. The average Bonchev–Trinajstić information content (AvgIpc) is 2.57. The van der Waals surface area contributed by atoms with Crippen molar-refractivity contribution in [3.63, 3.8) is 0 Å². The highest BCUT2D eigenvalue weighted by atomic mass is 32.2. The number of aryl methyl sites for hydroxylation is 1. The first-order valence-electron chi connectivity index (χ1n) is 7.29. The van der Waals surface area contributed by atoms with Gasteiger partial charge >= 0.3 is 0 Å². The predicted octanol–water partition coefficient (Wildman–Crippen LogP) is 3.63. The number of rotatable bonds is 6. The van der Waals surface area contributed by atoms with E-state index in [2.05, 4.69) is 10.5 Å². The maximum atomic E-state index is 12.1. The second-order valence-electron chi connectivity index (χ2n) is 5.05. The van der Waals surface area contributed by atoms with Gasteiger partial charge in [-0.05, 0) is 38.1 Å². The van der Waals surface area contributed by atoms with E-state index in [1.54, 1.807) is 13.3 Å². The number of nitrogens with one attached hydrogen (secondary N) is 1. The van der Waals surface area contributed by atoms with Crippen molar-refractivity contribution in [1.29, 1.82) is 0 Å². The summed E-state index contributed by atoms with van der Waals surface area (Å²) in [6.07, 6.45) is 1.58. The molecule has 0 aliphatic carbocycles. The van der Waals surface area contributed by atoms with E-state index < -0.39 is 0 Å². The van der Waals surface area contributed by atoms with Gasteiger partial charge in [-0.1, -0.05) is 29.8 Å². The Morgan fingerprint density at radius 2 is 1.91 bits per heavy atom. The summed E-state index contributed by atoms with van der Waals surface area (Å²) >= 11 is 1.50. The molecule has 0 aliphatic rings. The summed E-state index contributed by atoms with van der Waals surface area (Å²) in [5.41, 5.74) is 4.58. The molecule has 120 valence electrons. The summed E-state index contributed by atoms with van der Waals surface area (Å²) < 4.78 is 5.23. The number of thioether (sulfide) groups is 1. The lowest BCUT2D eigenvalue weighted by Crippen LogP contribution is -2.26. The molecule has 0 unspecified atom stereocenters. The van der Waals surface area contributed by atoms with Crippen molar-refractivity contribution in [1.82, 2.24) is 5.43 Å². The molecule has 0 saturated heterocycles. The highest BCUT2D eigenvalue weighted by Gasteiger charge is 2.13. The molecule has 4 nitrogen and oxygen atoms in total. The lowest BCUT2D eigenvalue weighted by atomic mass is 10.2. The first-order valence-corrected chi connectivity index (χ1v) is 8.17. The summed E-state index contributed by atoms with van der Waals surface area (Å²) in [5, 5.41) is 3.78. The lowest BCUT2D eigenvalue weighted by Gasteiger charge is -2.09. The molecule has 1 N–H and O–H groups in total. The number of benzene rings is 2. The summed E-state index contributed by atoms with van der Waals surface area (Å²) in [5.74, 6) is 0.578. The summed E-state index contributed by atoms with van der Waals surface area (Å²) in [7, 11) is 1.60. The van der Waals surface area contributed by atoms with Gasteiger partial charge in [-0.2, -0.15) is 5.10 Å². The molecule has 2 rings (SSSR count). The van der Waals surface area contributed by atoms with Crippen molar-refractivity contribution in [3.05, 3.63) is 59.7 Å². The van der Waals surface area contributed by atoms with Crippen molar-refractivity contribution in [2.75, 3.05) is 7.11 Å². The minimum atomic E-state index is -0.229. The van der Waals surface area contributed by atoms with E-state index in [1.165, 1.54) is 17.3 Å². The smallest absolute Gasteiger partial charge is 0.253 e. The molecule has 1 amide bonds. The Balaban J connectivity index is 1.90. The van der Waals surface area contributed by atoms with Crippen molar-refractivity contribution in [2.45, 2.75) is 24.0 Å². The molecule has 5 heteroatoms. The van der Waals surface area contributed by atoms with E-state index in [9.17, 15) is 4.79 Å². The number of nitrogens with zero attached hydrogens (tertiary/aromatic N) is 1. The molecule has 2 aromatic rings. The molecule has 0 spiro atoms. The Kier molecular flexibility index (Phi) is 6.23. The van der Waals surface area contributed by atoms with Crippen molar-refractivity contribution >= 4 is 23.9 Å². The van der Waals surface area contributed by atoms with Crippen LogP contribution in [0.4, 0.5) is 0 Å². The van der Waals surface area contributed by atoms with E-state index in [1.807, 2.05) is 62.4 Å². The Morgan fingerprint density at radius 1 is 1.22 bits per heavy atom. The normalized spacial score (nSPS) is 12.1. The molecule has 1 atom stereocenters. The highest BCUT2D eigenvalue weighted by Crippen LogP contribution is 2.23. The fourth-order valence-corrected chi connectivity index (χ4v) is 2.77. The van der Waals surface area contributed by atoms with Crippen molar-refractivity contribution < 1.29 is 9.53 Å². The number of hydrogen-bond acceptors (Lipinski definition) is 4. The van der Waals surface area contributed by atoms with E-state index >= 15 is 0 Å². The maximum absolute atomic E-state index is 12.1. The lowest BCUT2D eigenvalue weighted by molar-refractivity contribution is -0.120. The van der Waals surface area contributed by atoms with Gasteiger partial charge in [-0.15, -0.1) is 11.8 Å². The summed E-state index contributed by atoms with van der Waals surface area (Å²) in [4.78, 5) is 13.1. The molecule has 0 aromatic heterocycles. The topological polar surface area (TPSA) is 50.7 Å². The quantitative estimate of drug-likeness (QED) is 0.500. The Hall–Kier alpha value is -2.27. The number of hydrazone groups is 1. The number of hydrogen-bond donors (Lipinski definition) is 1. The second-order valence-corrected chi connectivity index (χ2v) is 6.46. The van der Waals surface area contributed by atoms with Gasteiger partial charge in [0.05, 0.1) is 18.6 Å². The third-order valence-electron chi connectivity index (χ3n) is 3.22.